The van der Waals surface area contributed by atoms with Crippen LogP contribution in [0.2, 0.25) is 0 Å². The number of aromatic nitrogens is 2. The number of nitrogens with zero attached hydrogens (tertiary/aromatic N) is 3. The van der Waals surface area contributed by atoms with Crippen molar-refractivity contribution >= 4 is 16.6 Å². The van der Waals surface area contributed by atoms with Gasteiger partial charge >= 0.3 is 5.69 Å². The molecule has 142 valence electrons. The van der Waals surface area contributed by atoms with Crippen LogP contribution in [0.4, 0.5) is 10.1 Å². The molecule has 7 nitrogen and oxygen atoms in total. The fourth-order valence-corrected chi connectivity index (χ4v) is 4.25. The average molecular weight is 371 g/mol. The molecule has 2 fully saturated rings. The number of aryl methyl sites for hydroxylation is 1. The second-order valence-electron chi connectivity index (χ2n) is 7.61. The molecule has 4 rings (SSSR count). The quantitative estimate of drug-likeness (QED) is 0.848. The molecule has 0 unspecified atom stereocenters. The lowest BCUT2D eigenvalue weighted by molar-refractivity contribution is 0.464. The summed E-state index contributed by atoms with van der Waals surface area (Å²) in [5.74, 6) is -0.357. The fraction of sp³-hybridized carbons (Fsp3) is 0.526. The van der Waals surface area contributed by atoms with Crippen molar-refractivity contribution in [2.75, 3.05) is 18.0 Å². The molecular formula is C19H22FN5O2. The second kappa shape index (κ2) is 6.50. The molecule has 2 aromatic rings. The van der Waals surface area contributed by atoms with Crippen molar-refractivity contribution in [3.8, 4) is 6.07 Å². The number of nitrogens with one attached hydrogen (secondary N) is 1. The van der Waals surface area contributed by atoms with E-state index in [1.807, 2.05) is 4.90 Å². The molecule has 0 bridgehead atoms. The Morgan fingerprint density at radius 2 is 2.15 bits per heavy atom. The van der Waals surface area contributed by atoms with E-state index in [0.29, 0.717) is 29.9 Å². The van der Waals surface area contributed by atoms with Gasteiger partial charge in [0, 0.05) is 30.7 Å². The summed E-state index contributed by atoms with van der Waals surface area (Å²) in [7, 11) is 0. The first-order chi connectivity index (χ1) is 12.9. The number of aromatic amines is 1. The van der Waals surface area contributed by atoms with Gasteiger partial charge in [0.15, 0.2) is 0 Å². The first-order valence-electron chi connectivity index (χ1n) is 9.27. The van der Waals surface area contributed by atoms with Gasteiger partial charge in [-0.2, -0.15) is 5.26 Å². The highest BCUT2D eigenvalue weighted by Crippen LogP contribution is 2.39. The number of halogens is 1. The predicted molar refractivity (Wildman–Crippen MR) is 100 cm³/mol. The van der Waals surface area contributed by atoms with Gasteiger partial charge in [0.1, 0.15) is 5.82 Å². The van der Waals surface area contributed by atoms with E-state index in [9.17, 15) is 14.0 Å². The van der Waals surface area contributed by atoms with Gasteiger partial charge in [-0.15, -0.1) is 0 Å². The van der Waals surface area contributed by atoms with E-state index in [1.165, 1.54) is 6.07 Å². The van der Waals surface area contributed by atoms with E-state index in [-0.39, 0.29) is 29.8 Å². The SMILES string of the molecule is Cc1c(N2CC[C@@H]([C@@H](N)CC#N)C2)c(F)cc2c(=O)[nH]c(=O)n(C3CC3)c12. The zero-order valence-corrected chi connectivity index (χ0v) is 15.2. The Balaban J connectivity index is 1.83. The highest BCUT2D eigenvalue weighted by molar-refractivity contribution is 5.87. The molecule has 1 aliphatic carbocycles. The van der Waals surface area contributed by atoms with Crippen LogP contribution in [0.25, 0.3) is 10.9 Å². The maximum absolute atomic E-state index is 15.0. The molecule has 0 amide bonds. The number of hydrogen-bond acceptors (Lipinski definition) is 5. The minimum absolute atomic E-state index is 0.0595. The molecule has 1 aromatic carbocycles. The third kappa shape index (κ3) is 2.92. The summed E-state index contributed by atoms with van der Waals surface area (Å²) in [6.07, 6.45) is 2.81. The molecule has 8 heteroatoms. The number of hydrogen-bond donors (Lipinski definition) is 2. The van der Waals surface area contributed by atoms with Crippen LogP contribution >= 0.6 is 0 Å². The van der Waals surface area contributed by atoms with Crippen molar-refractivity contribution in [1.82, 2.24) is 9.55 Å². The van der Waals surface area contributed by atoms with Gasteiger partial charge in [-0.25, -0.2) is 9.18 Å². The van der Waals surface area contributed by atoms with Crippen molar-refractivity contribution in [3.63, 3.8) is 0 Å². The number of fused-ring (bicyclic) bond motifs is 1. The molecule has 1 saturated carbocycles. The fourth-order valence-electron chi connectivity index (χ4n) is 4.25. The molecule has 1 saturated heterocycles. The summed E-state index contributed by atoms with van der Waals surface area (Å²) in [5, 5.41) is 9.06. The molecule has 0 spiro atoms. The van der Waals surface area contributed by atoms with Crippen LogP contribution in [-0.4, -0.2) is 28.7 Å². The highest BCUT2D eigenvalue weighted by atomic mass is 19.1. The number of rotatable bonds is 4. The van der Waals surface area contributed by atoms with E-state index in [2.05, 4.69) is 11.1 Å². The van der Waals surface area contributed by atoms with Crippen LogP contribution in [0.5, 0.6) is 0 Å². The summed E-state index contributed by atoms with van der Waals surface area (Å²) in [6.45, 7) is 2.95. The second-order valence-corrected chi connectivity index (χ2v) is 7.61. The third-order valence-electron chi connectivity index (χ3n) is 5.77. The summed E-state index contributed by atoms with van der Waals surface area (Å²) in [6, 6.07) is 3.14. The standard InChI is InChI=1S/C19H22FN5O2/c1-10-16-13(18(26)23-19(27)25(16)12-2-3-12)8-14(20)17(10)24-7-5-11(9-24)15(22)4-6-21/h8,11-12,15H,2-5,7,9,22H2,1H3,(H,23,26,27)/t11-,15+/m1/s1. The topological polar surface area (TPSA) is 108 Å². The van der Waals surface area contributed by atoms with E-state index >= 15 is 0 Å². The van der Waals surface area contributed by atoms with Crippen molar-refractivity contribution in [2.24, 2.45) is 11.7 Å². The highest BCUT2D eigenvalue weighted by Gasteiger charge is 2.32. The maximum atomic E-state index is 15.0. The molecule has 1 aromatic heterocycles. The number of H-pyrrole nitrogens is 1. The molecule has 3 N–H and O–H groups in total. The number of benzene rings is 1. The van der Waals surface area contributed by atoms with Crippen molar-refractivity contribution in [3.05, 3.63) is 38.3 Å². The van der Waals surface area contributed by atoms with Crippen molar-refractivity contribution in [2.45, 2.75) is 44.7 Å². The number of nitriles is 1. The lowest BCUT2D eigenvalue weighted by atomic mass is 9.97. The number of nitrogens with two attached hydrogens (primary N) is 1. The number of anilines is 1. The zero-order valence-electron chi connectivity index (χ0n) is 15.2. The average Bonchev–Trinajstić information content (AvgIpc) is 3.33. The van der Waals surface area contributed by atoms with Gasteiger partial charge in [-0.05, 0) is 38.2 Å². The third-order valence-corrected chi connectivity index (χ3v) is 5.77. The Morgan fingerprint density at radius 1 is 1.41 bits per heavy atom. The molecule has 2 heterocycles. The Kier molecular flexibility index (Phi) is 4.27. The first-order valence-corrected chi connectivity index (χ1v) is 9.27. The summed E-state index contributed by atoms with van der Waals surface area (Å²) in [4.78, 5) is 28.9. The summed E-state index contributed by atoms with van der Waals surface area (Å²) < 4.78 is 16.6. The largest absolute Gasteiger partial charge is 0.369 e. The molecular weight excluding hydrogens is 349 g/mol. The maximum Gasteiger partial charge on any atom is 0.329 e. The Bertz CT molecular complexity index is 1060. The van der Waals surface area contributed by atoms with Crippen LogP contribution in [0.15, 0.2) is 15.7 Å². The molecule has 1 aliphatic heterocycles. The molecule has 0 radical (unpaired) electrons. The van der Waals surface area contributed by atoms with Gasteiger partial charge in [0.25, 0.3) is 5.56 Å². The molecule has 2 aliphatic rings. The van der Waals surface area contributed by atoms with Crippen molar-refractivity contribution < 1.29 is 4.39 Å². The van der Waals surface area contributed by atoms with Crippen LogP contribution in [0.3, 0.4) is 0 Å². The van der Waals surface area contributed by atoms with Gasteiger partial charge < -0.3 is 10.6 Å². The minimum Gasteiger partial charge on any atom is -0.369 e. The normalized spacial score (nSPS) is 20.8. The Hall–Kier alpha value is -2.66. The van der Waals surface area contributed by atoms with E-state index in [0.717, 1.165) is 19.3 Å². The zero-order chi connectivity index (χ0) is 19.3. The van der Waals surface area contributed by atoms with Crippen LogP contribution in [0.1, 0.15) is 37.3 Å². The van der Waals surface area contributed by atoms with E-state index in [4.69, 9.17) is 11.0 Å². The summed E-state index contributed by atoms with van der Waals surface area (Å²) in [5.41, 5.74) is 6.63. The van der Waals surface area contributed by atoms with Crippen molar-refractivity contribution in [1.29, 1.82) is 5.26 Å². The molecule has 27 heavy (non-hydrogen) atoms. The summed E-state index contributed by atoms with van der Waals surface area (Å²) >= 11 is 0. The van der Waals surface area contributed by atoms with Crippen LogP contribution < -0.4 is 21.9 Å². The van der Waals surface area contributed by atoms with Gasteiger partial charge in [-0.3, -0.25) is 14.3 Å². The van der Waals surface area contributed by atoms with E-state index < -0.39 is 17.1 Å². The van der Waals surface area contributed by atoms with Crippen LogP contribution in [-0.2, 0) is 0 Å². The monoisotopic (exact) mass is 371 g/mol. The minimum atomic E-state index is -0.559. The lowest BCUT2D eigenvalue weighted by Gasteiger charge is -2.24. The molecule has 2 atom stereocenters. The van der Waals surface area contributed by atoms with Gasteiger partial charge in [-0.1, -0.05) is 0 Å². The Labute approximate surface area is 155 Å². The van der Waals surface area contributed by atoms with Crippen LogP contribution in [0, 0.1) is 30.0 Å². The van der Waals surface area contributed by atoms with Gasteiger partial charge in [0.2, 0.25) is 0 Å². The smallest absolute Gasteiger partial charge is 0.329 e. The predicted octanol–water partition coefficient (Wildman–Crippen LogP) is 1.54. The Morgan fingerprint density at radius 3 is 2.81 bits per heavy atom. The van der Waals surface area contributed by atoms with Gasteiger partial charge in [0.05, 0.1) is 29.1 Å². The lowest BCUT2D eigenvalue weighted by Crippen LogP contribution is -2.33. The first kappa shape index (κ1) is 17.7. The van der Waals surface area contributed by atoms with E-state index in [1.54, 1.807) is 11.5 Å².